The van der Waals surface area contributed by atoms with E-state index >= 15 is 0 Å². The molecule has 2 rings (SSSR count). The molecule has 0 saturated heterocycles. The lowest BCUT2D eigenvalue weighted by Gasteiger charge is -2.27. The van der Waals surface area contributed by atoms with Crippen molar-refractivity contribution in [1.82, 2.24) is 20.2 Å². The molecule has 0 bridgehead atoms. The molecular formula is C13H25N5. The van der Waals surface area contributed by atoms with Gasteiger partial charge in [0.15, 0.2) is 0 Å². The highest BCUT2D eigenvalue weighted by Gasteiger charge is 2.22. The largest absolute Gasteiger partial charge is 0.271 e. The van der Waals surface area contributed by atoms with Crippen molar-refractivity contribution in [2.24, 2.45) is 18.8 Å². The second kappa shape index (κ2) is 6.85. The maximum Gasteiger partial charge on any atom is 0.138 e. The fraction of sp³-hybridized carbons (Fsp3) is 0.846. The third-order valence-corrected chi connectivity index (χ3v) is 4.14. The van der Waals surface area contributed by atoms with E-state index in [1.54, 1.807) is 6.33 Å². The quantitative estimate of drug-likeness (QED) is 0.629. The summed E-state index contributed by atoms with van der Waals surface area (Å²) in [6.07, 6.45) is 11.9. The Morgan fingerprint density at radius 1 is 1.33 bits per heavy atom. The van der Waals surface area contributed by atoms with Gasteiger partial charge in [-0.2, -0.15) is 5.10 Å². The maximum absolute atomic E-state index is 5.75. The second-order valence-electron chi connectivity index (χ2n) is 5.38. The summed E-state index contributed by atoms with van der Waals surface area (Å²) in [4.78, 5) is 4.30. The van der Waals surface area contributed by atoms with Crippen molar-refractivity contribution >= 4 is 0 Å². The Morgan fingerprint density at radius 2 is 2.00 bits per heavy atom. The number of hydrogen-bond acceptors (Lipinski definition) is 4. The summed E-state index contributed by atoms with van der Waals surface area (Å²) in [5.74, 6) is 7.44. The SMILES string of the molecule is Cn1ncnc1CC(NN)C1CCCCCCC1. The number of hydrogen-bond donors (Lipinski definition) is 2. The monoisotopic (exact) mass is 251 g/mol. The lowest BCUT2D eigenvalue weighted by molar-refractivity contribution is 0.281. The Kier molecular flexibility index (Phi) is 5.13. The number of aromatic nitrogens is 3. The van der Waals surface area contributed by atoms with Gasteiger partial charge in [0.1, 0.15) is 12.2 Å². The minimum atomic E-state index is 0.325. The maximum atomic E-state index is 5.75. The van der Waals surface area contributed by atoms with E-state index in [2.05, 4.69) is 15.5 Å². The zero-order valence-electron chi connectivity index (χ0n) is 11.3. The Bertz CT molecular complexity index is 341. The molecule has 5 nitrogen and oxygen atoms in total. The number of nitrogens with one attached hydrogen (secondary N) is 1. The molecule has 0 aromatic carbocycles. The molecule has 1 unspecified atom stereocenters. The molecule has 1 aromatic rings. The van der Waals surface area contributed by atoms with Crippen LogP contribution < -0.4 is 11.3 Å². The van der Waals surface area contributed by atoms with Crippen molar-refractivity contribution < 1.29 is 0 Å². The number of nitrogens with zero attached hydrogens (tertiary/aromatic N) is 3. The highest BCUT2D eigenvalue weighted by atomic mass is 15.3. The molecule has 18 heavy (non-hydrogen) atoms. The summed E-state index contributed by atoms with van der Waals surface area (Å²) >= 11 is 0. The fourth-order valence-corrected chi connectivity index (χ4v) is 2.95. The molecule has 1 saturated carbocycles. The van der Waals surface area contributed by atoms with Gasteiger partial charge in [-0.05, 0) is 18.8 Å². The van der Waals surface area contributed by atoms with Gasteiger partial charge in [0.05, 0.1) is 0 Å². The summed E-state index contributed by atoms with van der Waals surface area (Å²) in [6, 6.07) is 0.325. The van der Waals surface area contributed by atoms with Gasteiger partial charge in [-0.25, -0.2) is 4.98 Å². The normalized spacial score (nSPS) is 20.3. The van der Waals surface area contributed by atoms with Gasteiger partial charge in [-0.3, -0.25) is 16.0 Å². The molecular weight excluding hydrogens is 226 g/mol. The van der Waals surface area contributed by atoms with E-state index < -0.39 is 0 Å². The first-order chi connectivity index (χ1) is 8.81. The van der Waals surface area contributed by atoms with E-state index in [4.69, 9.17) is 5.84 Å². The standard InChI is InChI=1S/C13H25N5/c1-18-13(15-10-16-18)9-12(17-14)11-7-5-3-2-4-6-8-11/h10-12,17H,2-9,14H2,1H3. The lowest BCUT2D eigenvalue weighted by Crippen LogP contribution is -2.43. The van der Waals surface area contributed by atoms with Crippen molar-refractivity contribution in [2.45, 2.75) is 57.4 Å². The second-order valence-corrected chi connectivity index (χ2v) is 5.38. The van der Waals surface area contributed by atoms with Gasteiger partial charge in [0, 0.05) is 19.5 Å². The van der Waals surface area contributed by atoms with Crippen molar-refractivity contribution in [2.75, 3.05) is 0 Å². The van der Waals surface area contributed by atoms with Gasteiger partial charge < -0.3 is 0 Å². The summed E-state index contributed by atoms with van der Waals surface area (Å²) < 4.78 is 1.84. The molecule has 0 spiro atoms. The predicted octanol–water partition coefficient (Wildman–Crippen LogP) is 1.55. The fourth-order valence-electron chi connectivity index (χ4n) is 2.95. The molecule has 1 heterocycles. The van der Waals surface area contributed by atoms with Crippen molar-refractivity contribution in [1.29, 1.82) is 0 Å². The van der Waals surface area contributed by atoms with Gasteiger partial charge in [-0.1, -0.05) is 32.1 Å². The van der Waals surface area contributed by atoms with Crippen LogP contribution in [0.4, 0.5) is 0 Å². The Morgan fingerprint density at radius 3 is 2.56 bits per heavy atom. The summed E-state index contributed by atoms with van der Waals surface area (Å²) in [7, 11) is 1.94. The number of nitrogens with two attached hydrogens (primary N) is 1. The molecule has 0 amide bonds. The first-order valence-electron chi connectivity index (χ1n) is 7.10. The number of rotatable bonds is 4. The van der Waals surface area contributed by atoms with Crippen LogP contribution in [0.25, 0.3) is 0 Å². The first-order valence-corrected chi connectivity index (χ1v) is 7.10. The van der Waals surface area contributed by atoms with Crippen LogP contribution in [-0.2, 0) is 13.5 Å². The highest BCUT2D eigenvalue weighted by molar-refractivity contribution is 4.91. The molecule has 3 N–H and O–H groups in total. The van der Waals surface area contributed by atoms with Gasteiger partial charge in [0.2, 0.25) is 0 Å². The average Bonchev–Trinajstić information content (AvgIpc) is 2.72. The van der Waals surface area contributed by atoms with E-state index in [1.165, 1.54) is 44.9 Å². The van der Waals surface area contributed by atoms with Crippen LogP contribution in [-0.4, -0.2) is 20.8 Å². The van der Waals surface area contributed by atoms with Crippen LogP contribution in [0.15, 0.2) is 6.33 Å². The summed E-state index contributed by atoms with van der Waals surface area (Å²) in [5.41, 5.74) is 3.00. The predicted molar refractivity (Wildman–Crippen MR) is 71.6 cm³/mol. The summed E-state index contributed by atoms with van der Waals surface area (Å²) in [5, 5.41) is 4.12. The molecule has 0 aliphatic heterocycles. The molecule has 102 valence electrons. The number of hydrazine groups is 1. The highest BCUT2D eigenvalue weighted by Crippen LogP contribution is 2.25. The van der Waals surface area contributed by atoms with Crippen LogP contribution in [0.2, 0.25) is 0 Å². The molecule has 0 radical (unpaired) electrons. The zero-order chi connectivity index (χ0) is 12.8. The van der Waals surface area contributed by atoms with Gasteiger partial charge >= 0.3 is 0 Å². The van der Waals surface area contributed by atoms with Crippen LogP contribution in [0, 0.1) is 5.92 Å². The molecule has 1 aliphatic carbocycles. The van der Waals surface area contributed by atoms with E-state index in [-0.39, 0.29) is 0 Å². The molecule has 1 atom stereocenters. The third-order valence-electron chi connectivity index (χ3n) is 4.14. The first kappa shape index (κ1) is 13.5. The minimum absolute atomic E-state index is 0.325. The molecule has 5 heteroatoms. The molecule has 1 fully saturated rings. The molecule has 1 aliphatic rings. The van der Waals surface area contributed by atoms with Crippen LogP contribution in [0.5, 0.6) is 0 Å². The molecule has 1 aromatic heterocycles. The summed E-state index contributed by atoms with van der Waals surface area (Å²) in [6.45, 7) is 0. The minimum Gasteiger partial charge on any atom is -0.271 e. The van der Waals surface area contributed by atoms with Crippen LogP contribution in [0.1, 0.15) is 50.8 Å². The van der Waals surface area contributed by atoms with Gasteiger partial charge in [-0.15, -0.1) is 0 Å². The topological polar surface area (TPSA) is 68.8 Å². The number of aryl methyl sites for hydroxylation is 1. The van der Waals surface area contributed by atoms with Crippen molar-refractivity contribution in [3.8, 4) is 0 Å². The smallest absolute Gasteiger partial charge is 0.138 e. The zero-order valence-corrected chi connectivity index (χ0v) is 11.3. The van der Waals surface area contributed by atoms with E-state index in [9.17, 15) is 0 Å². The van der Waals surface area contributed by atoms with E-state index in [0.29, 0.717) is 12.0 Å². The Labute approximate surface area is 109 Å². The van der Waals surface area contributed by atoms with Crippen LogP contribution in [0.3, 0.4) is 0 Å². The van der Waals surface area contributed by atoms with Gasteiger partial charge in [0.25, 0.3) is 0 Å². The third kappa shape index (κ3) is 3.53. The van der Waals surface area contributed by atoms with E-state index in [1.807, 2.05) is 11.7 Å². The average molecular weight is 251 g/mol. The Hall–Kier alpha value is -0.940. The van der Waals surface area contributed by atoms with Crippen molar-refractivity contribution in [3.63, 3.8) is 0 Å². The van der Waals surface area contributed by atoms with Crippen LogP contribution >= 0.6 is 0 Å². The Balaban J connectivity index is 1.95. The van der Waals surface area contributed by atoms with E-state index in [0.717, 1.165) is 12.2 Å². The van der Waals surface area contributed by atoms with Crippen molar-refractivity contribution in [3.05, 3.63) is 12.2 Å². The lowest BCUT2D eigenvalue weighted by atomic mass is 9.84.